The first-order valence-electron chi connectivity index (χ1n) is 6.33. The third kappa shape index (κ3) is 3.17. The summed E-state index contributed by atoms with van der Waals surface area (Å²) < 4.78 is 29.1. The van der Waals surface area contributed by atoms with Crippen molar-refractivity contribution in [2.45, 2.75) is 24.9 Å². The van der Waals surface area contributed by atoms with E-state index in [4.69, 9.17) is 0 Å². The molecular weight excluding hydrogens is 276 g/mol. The average molecular weight is 294 g/mol. The quantitative estimate of drug-likeness (QED) is 0.845. The van der Waals surface area contributed by atoms with E-state index in [9.17, 15) is 8.42 Å². The molecule has 0 aliphatic rings. The SMILES string of the molecule is CCn1cc(S(=O)(=O)Nc2cccnc2)cc1CNC. The molecule has 20 heavy (non-hydrogen) atoms. The summed E-state index contributed by atoms with van der Waals surface area (Å²) in [5.41, 5.74) is 1.38. The summed E-state index contributed by atoms with van der Waals surface area (Å²) in [5.74, 6) is 0. The van der Waals surface area contributed by atoms with Gasteiger partial charge >= 0.3 is 0 Å². The Bertz CT molecular complexity index is 665. The fraction of sp³-hybridized carbons (Fsp3) is 0.308. The molecule has 0 saturated carbocycles. The van der Waals surface area contributed by atoms with Crippen LogP contribution in [0.5, 0.6) is 0 Å². The van der Waals surface area contributed by atoms with Gasteiger partial charge < -0.3 is 9.88 Å². The molecule has 2 aromatic rings. The van der Waals surface area contributed by atoms with E-state index in [1.165, 1.54) is 6.20 Å². The molecule has 2 rings (SSSR count). The van der Waals surface area contributed by atoms with Gasteiger partial charge in [0, 0.05) is 31.2 Å². The second-order valence-electron chi connectivity index (χ2n) is 4.33. The van der Waals surface area contributed by atoms with Gasteiger partial charge in [0.1, 0.15) is 4.90 Å². The maximum Gasteiger partial charge on any atom is 0.263 e. The van der Waals surface area contributed by atoms with Crippen LogP contribution in [0.1, 0.15) is 12.6 Å². The highest BCUT2D eigenvalue weighted by atomic mass is 32.2. The van der Waals surface area contributed by atoms with Gasteiger partial charge in [0.05, 0.1) is 11.9 Å². The minimum Gasteiger partial charge on any atom is -0.349 e. The van der Waals surface area contributed by atoms with Crippen LogP contribution in [-0.4, -0.2) is 25.0 Å². The van der Waals surface area contributed by atoms with Crippen molar-refractivity contribution in [1.82, 2.24) is 14.9 Å². The lowest BCUT2D eigenvalue weighted by atomic mass is 10.4. The highest BCUT2D eigenvalue weighted by molar-refractivity contribution is 7.92. The standard InChI is InChI=1S/C13H18N4O2S/c1-3-17-10-13(7-12(17)9-14-2)20(18,19)16-11-5-4-6-15-8-11/h4-8,10,14,16H,3,9H2,1-2H3. The Kier molecular flexibility index (Phi) is 4.41. The van der Waals surface area contributed by atoms with Crippen LogP contribution in [-0.2, 0) is 23.1 Å². The lowest BCUT2D eigenvalue weighted by molar-refractivity contribution is 0.600. The Labute approximate surface area is 118 Å². The van der Waals surface area contributed by atoms with Crippen molar-refractivity contribution in [3.05, 3.63) is 42.5 Å². The minimum absolute atomic E-state index is 0.258. The van der Waals surface area contributed by atoms with Gasteiger partial charge in [-0.3, -0.25) is 9.71 Å². The maximum absolute atomic E-state index is 12.3. The number of aryl methyl sites for hydroxylation is 1. The van der Waals surface area contributed by atoms with Gasteiger partial charge in [-0.15, -0.1) is 0 Å². The number of anilines is 1. The topological polar surface area (TPSA) is 76.0 Å². The molecule has 6 nitrogen and oxygen atoms in total. The van der Waals surface area contributed by atoms with Gasteiger partial charge in [-0.1, -0.05) is 0 Å². The van der Waals surface area contributed by atoms with Crippen molar-refractivity contribution >= 4 is 15.7 Å². The molecule has 0 aliphatic heterocycles. The maximum atomic E-state index is 12.3. The molecule has 2 aromatic heterocycles. The molecule has 0 fully saturated rings. The van der Waals surface area contributed by atoms with Crippen molar-refractivity contribution in [1.29, 1.82) is 0 Å². The summed E-state index contributed by atoms with van der Waals surface area (Å²) in [7, 11) is -1.75. The number of hydrogen-bond donors (Lipinski definition) is 2. The summed E-state index contributed by atoms with van der Waals surface area (Å²) in [4.78, 5) is 4.15. The summed E-state index contributed by atoms with van der Waals surface area (Å²) >= 11 is 0. The zero-order valence-corrected chi connectivity index (χ0v) is 12.3. The molecule has 0 unspecified atom stereocenters. The molecular formula is C13H18N4O2S. The molecule has 0 aromatic carbocycles. The first kappa shape index (κ1) is 14.5. The van der Waals surface area contributed by atoms with E-state index >= 15 is 0 Å². The third-order valence-corrected chi connectivity index (χ3v) is 4.23. The van der Waals surface area contributed by atoms with Crippen molar-refractivity contribution in [3.63, 3.8) is 0 Å². The second-order valence-corrected chi connectivity index (χ2v) is 6.01. The van der Waals surface area contributed by atoms with Crippen LogP contribution in [0.3, 0.4) is 0 Å². The van der Waals surface area contributed by atoms with E-state index < -0.39 is 10.0 Å². The lowest BCUT2D eigenvalue weighted by Gasteiger charge is -2.05. The van der Waals surface area contributed by atoms with Gasteiger partial charge in [0.2, 0.25) is 0 Å². The molecule has 108 valence electrons. The molecule has 0 amide bonds. The van der Waals surface area contributed by atoms with Gasteiger partial charge in [0.25, 0.3) is 10.0 Å². The Balaban J connectivity index is 2.30. The fourth-order valence-corrected chi connectivity index (χ4v) is 3.04. The zero-order valence-electron chi connectivity index (χ0n) is 11.5. The molecule has 0 radical (unpaired) electrons. The highest BCUT2D eigenvalue weighted by Crippen LogP contribution is 2.18. The lowest BCUT2D eigenvalue weighted by Crippen LogP contribution is -2.12. The summed E-state index contributed by atoms with van der Waals surface area (Å²) in [6.07, 6.45) is 4.71. The fourth-order valence-electron chi connectivity index (χ4n) is 1.93. The van der Waals surface area contributed by atoms with Crippen LogP contribution >= 0.6 is 0 Å². The Morgan fingerprint density at radius 3 is 2.80 bits per heavy atom. The van der Waals surface area contributed by atoms with E-state index in [0.717, 1.165) is 12.2 Å². The number of sulfonamides is 1. The van der Waals surface area contributed by atoms with Crippen molar-refractivity contribution < 1.29 is 8.42 Å². The monoisotopic (exact) mass is 294 g/mol. The van der Waals surface area contributed by atoms with E-state index in [2.05, 4.69) is 15.0 Å². The summed E-state index contributed by atoms with van der Waals surface area (Å²) in [6.45, 7) is 3.32. The Morgan fingerprint density at radius 2 is 2.20 bits per heavy atom. The summed E-state index contributed by atoms with van der Waals surface area (Å²) in [5, 5.41) is 3.03. The molecule has 2 heterocycles. The third-order valence-electron chi connectivity index (χ3n) is 2.88. The highest BCUT2D eigenvalue weighted by Gasteiger charge is 2.18. The van der Waals surface area contributed by atoms with Crippen LogP contribution in [0.4, 0.5) is 5.69 Å². The van der Waals surface area contributed by atoms with Gasteiger partial charge in [0.15, 0.2) is 0 Å². The number of aromatic nitrogens is 2. The smallest absolute Gasteiger partial charge is 0.263 e. The number of pyridine rings is 1. The van der Waals surface area contributed by atoms with Crippen LogP contribution < -0.4 is 10.0 Å². The Morgan fingerprint density at radius 1 is 1.40 bits per heavy atom. The number of nitrogens with one attached hydrogen (secondary N) is 2. The van der Waals surface area contributed by atoms with E-state index in [1.54, 1.807) is 30.6 Å². The van der Waals surface area contributed by atoms with Crippen molar-refractivity contribution in [3.8, 4) is 0 Å². The first-order valence-corrected chi connectivity index (χ1v) is 7.81. The number of rotatable bonds is 6. The van der Waals surface area contributed by atoms with Crippen molar-refractivity contribution in [2.75, 3.05) is 11.8 Å². The average Bonchev–Trinajstić information content (AvgIpc) is 2.84. The van der Waals surface area contributed by atoms with Crippen LogP contribution in [0, 0.1) is 0 Å². The largest absolute Gasteiger partial charge is 0.349 e. The molecule has 7 heteroatoms. The molecule has 0 bridgehead atoms. The Hall–Kier alpha value is -1.86. The zero-order chi connectivity index (χ0) is 14.6. The molecule has 2 N–H and O–H groups in total. The van der Waals surface area contributed by atoms with Crippen LogP contribution in [0.25, 0.3) is 0 Å². The van der Waals surface area contributed by atoms with Gasteiger partial charge in [-0.05, 0) is 32.2 Å². The first-order chi connectivity index (χ1) is 9.56. The molecule has 0 atom stereocenters. The van der Waals surface area contributed by atoms with Crippen LogP contribution in [0.2, 0.25) is 0 Å². The predicted molar refractivity (Wildman–Crippen MR) is 77.9 cm³/mol. The normalized spacial score (nSPS) is 11.5. The van der Waals surface area contributed by atoms with Crippen molar-refractivity contribution in [2.24, 2.45) is 0 Å². The van der Waals surface area contributed by atoms with Gasteiger partial charge in [-0.25, -0.2) is 8.42 Å². The van der Waals surface area contributed by atoms with E-state index in [1.807, 2.05) is 18.5 Å². The van der Waals surface area contributed by atoms with E-state index in [0.29, 0.717) is 12.2 Å². The number of hydrogen-bond acceptors (Lipinski definition) is 4. The predicted octanol–water partition coefficient (Wildman–Crippen LogP) is 1.42. The molecule has 0 aliphatic carbocycles. The second kappa shape index (κ2) is 6.06. The summed E-state index contributed by atoms with van der Waals surface area (Å²) in [6, 6.07) is 5.02. The molecule has 0 saturated heterocycles. The van der Waals surface area contributed by atoms with E-state index in [-0.39, 0.29) is 4.90 Å². The van der Waals surface area contributed by atoms with Gasteiger partial charge in [-0.2, -0.15) is 0 Å². The molecule has 0 spiro atoms. The van der Waals surface area contributed by atoms with Crippen LogP contribution in [0.15, 0.2) is 41.7 Å². The minimum atomic E-state index is -3.58. The number of nitrogens with zero attached hydrogens (tertiary/aromatic N) is 2.